The molecule has 0 saturated heterocycles. The summed E-state index contributed by atoms with van der Waals surface area (Å²) in [5.74, 6) is -0.606. The second kappa shape index (κ2) is 6.61. The average Bonchev–Trinajstić information content (AvgIpc) is 2.58. The number of carbonyl (C=O) groups excluding carboxylic acids is 1. The number of nitrogens with two attached hydrogens (primary N) is 1. The lowest BCUT2D eigenvalue weighted by Crippen LogP contribution is -2.10. The quantitative estimate of drug-likeness (QED) is 0.435. The lowest BCUT2D eigenvalue weighted by atomic mass is 10.0. The fraction of sp³-hybridized carbons (Fsp3) is 0.158. The molecule has 0 aliphatic carbocycles. The molecule has 0 fully saturated rings. The van der Waals surface area contributed by atoms with E-state index in [0.29, 0.717) is 16.2 Å². The summed E-state index contributed by atoms with van der Waals surface area (Å²) in [6.45, 7) is 3.74. The minimum absolute atomic E-state index is 0.0740. The molecule has 3 aromatic rings. The van der Waals surface area contributed by atoms with Crippen molar-refractivity contribution in [2.75, 3.05) is 5.73 Å². The van der Waals surface area contributed by atoms with Crippen molar-refractivity contribution in [3.05, 3.63) is 74.1 Å². The maximum Gasteiger partial charge on any atom is 0.340 e. The zero-order chi connectivity index (χ0) is 18.1. The third-order valence-corrected chi connectivity index (χ3v) is 4.35. The number of benzene rings is 2. The van der Waals surface area contributed by atoms with Crippen LogP contribution in [0.1, 0.15) is 27.0 Å². The van der Waals surface area contributed by atoms with Gasteiger partial charge in [0, 0.05) is 27.7 Å². The predicted octanol–water partition coefficient (Wildman–Crippen LogP) is 4.00. The molecule has 0 amide bonds. The van der Waals surface area contributed by atoms with Crippen molar-refractivity contribution in [1.29, 1.82) is 0 Å². The van der Waals surface area contributed by atoms with Crippen molar-refractivity contribution in [2.45, 2.75) is 20.5 Å². The highest BCUT2D eigenvalue weighted by atomic mass is 35.5. The van der Waals surface area contributed by atoms with E-state index in [2.05, 4.69) is 0 Å². The Morgan fingerprint density at radius 3 is 2.72 bits per heavy atom. The molecule has 128 valence electrons. The van der Waals surface area contributed by atoms with E-state index < -0.39 is 11.6 Å². The smallest absolute Gasteiger partial charge is 0.340 e. The van der Waals surface area contributed by atoms with Crippen LogP contribution in [0.5, 0.6) is 0 Å². The van der Waals surface area contributed by atoms with Crippen LogP contribution in [0.4, 0.5) is 5.69 Å². The zero-order valence-electron chi connectivity index (χ0n) is 13.8. The molecule has 0 bridgehead atoms. The number of rotatable bonds is 3. The predicted molar refractivity (Wildman–Crippen MR) is 96.9 cm³/mol. The minimum atomic E-state index is -0.606. The van der Waals surface area contributed by atoms with E-state index in [9.17, 15) is 9.59 Å². The summed E-state index contributed by atoms with van der Waals surface area (Å²) in [5.41, 5.74) is 8.72. The monoisotopic (exact) mass is 357 g/mol. The Balaban J connectivity index is 1.93. The molecule has 2 aromatic carbocycles. The van der Waals surface area contributed by atoms with Gasteiger partial charge in [-0.3, -0.25) is 0 Å². The van der Waals surface area contributed by atoms with Gasteiger partial charge >= 0.3 is 11.6 Å². The molecule has 1 aromatic heterocycles. The van der Waals surface area contributed by atoms with Gasteiger partial charge < -0.3 is 14.9 Å². The van der Waals surface area contributed by atoms with E-state index in [1.54, 1.807) is 6.07 Å². The molecule has 0 atom stereocenters. The summed E-state index contributed by atoms with van der Waals surface area (Å²) in [4.78, 5) is 24.1. The lowest BCUT2D eigenvalue weighted by molar-refractivity contribution is 0.0475. The van der Waals surface area contributed by atoms with Crippen LogP contribution < -0.4 is 11.4 Å². The summed E-state index contributed by atoms with van der Waals surface area (Å²) in [6, 6.07) is 9.68. The second-order valence-corrected chi connectivity index (χ2v) is 6.22. The Bertz CT molecular complexity index is 1040. The van der Waals surface area contributed by atoms with Gasteiger partial charge in [0.25, 0.3) is 0 Å². The van der Waals surface area contributed by atoms with Crippen molar-refractivity contribution in [3.63, 3.8) is 0 Å². The van der Waals surface area contributed by atoms with Gasteiger partial charge in [0.05, 0.1) is 5.56 Å². The van der Waals surface area contributed by atoms with Crippen molar-refractivity contribution >= 4 is 34.2 Å². The molecule has 5 nitrogen and oxygen atoms in total. The van der Waals surface area contributed by atoms with Crippen LogP contribution >= 0.6 is 11.6 Å². The van der Waals surface area contributed by atoms with Crippen LogP contribution in [0, 0.1) is 13.8 Å². The van der Waals surface area contributed by atoms with Crippen LogP contribution in [0.3, 0.4) is 0 Å². The van der Waals surface area contributed by atoms with Crippen LogP contribution in [-0.4, -0.2) is 5.97 Å². The molecule has 6 heteroatoms. The summed E-state index contributed by atoms with van der Waals surface area (Å²) in [5, 5.41) is 1.12. The molecule has 2 N–H and O–H groups in total. The van der Waals surface area contributed by atoms with E-state index in [1.807, 2.05) is 26.0 Å². The highest BCUT2D eigenvalue weighted by molar-refractivity contribution is 6.31. The molecule has 3 rings (SSSR count). The molecule has 0 radical (unpaired) electrons. The first-order valence-electron chi connectivity index (χ1n) is 7.62. The van der Waals surface area contributed by atoms with Gasteiger partial charge in [0.1, 0.15) is 12.2 Å². The molecule has 1 heterocycles. The van der Waals surface area contributed by atoms with Gasteiger partial charge in [-0.15, -0.1) is 0 Å². The summed E-state index contributed by atoms with van der Waals surface area (Å²) in [6.07, 6.45) is 0. The van der Waals surface area contributed by atoms with Crippen LogP contribution in [0.25, 0.3) is 11.0 Å². The minimum Gasteiger partial charge on any atom is -0.457 e. The molecule has 25 heavy (non-hydrogen) atoms. The maximum atomic E-state index is 12.3. The van der Waals surface area contributed by atoms with E-state index in [0.717, 1.165) is 16.5 Å². The third-order valence-electron chi connectivity index (χ3n) is 4.11. The molecule has 0 aliphatic heterocycles. The zero-order valence-corrected chi connectivity index (χ0v) is 14.5. The van der Waals surface area contributed by atoms with Crippen molar-refractivity contribution < 1.29 is 13.9 Å². The summed E-state index contributed by atoms with van der Waals surface area (Å²) < 4.78 is 10.6. The molecular formula is C19H16ClNO4. The normalized spacial score (nSPS) is 10.8. The number of fused-ring (bicyclic) bond motifs is 1. The number of carbonyl (C=O) groups is 1. The third kappa shape index (κ3) is 3.37. The number of hydrogen-bond acceptors (Lipinski definition) is 5. The first-order valence-corrected chi connectivity index (χ1v) is 7.99. The lowest BCUT2D eigenvalue weighted by Gasteiger charge is -2.10. The van der Waals surface area contributed by atoms with Gasteiger partial charge in [-0.05, 0) is 43.2 Å². The van der Waals surface area contributed by atoms with Gasteiger partial charge in [-0.25, -0.2) is 9.59 Å². The molecule has 0 aliphatic rings. The van der Waals surface area contributed by atoms with E-state index in [4.69, 9.17) is 26.5 Å². The average molecular weight is 358 g/mol. The Morgan fingerprint density at radius 1 is 1.20 bits per heavy atom. The first kappa shape index (κ1) is 17.0. The Morgan fingerprint density at radius 2 is 1.96 bits per heavy atom. The number of ether oxygens (including phenoxy) is 1. The molecule has 0 saturated carbocycles. The number of esters is 1. The number of anilines is 1. The van der Waals surface area contributed by atoms with Gasteiger partial charge in [0.15, 0.2) is 0 Å². The SMILES string of the molecule is Cc1ccc2c(COC(=O)c3cc(Cl)ccc3N)cc(=O)oc2c1C. The first-order chi connectivity index (χ1) is 11.9. The fourth-order valence-electron chi connectivity index (χ4n) is 2.57. The topological polar surface area (TPSA) is 82.5 Å². The molecule has 0 unspecified atom stereocenters. The summed E-state index contributed by atoms with van der Waals surface area (Å²) in [7, 11) is 0. The van der Waals surface area contributed by atoms with E-state index in [1.165, 1.54) is 18.2 Å². The van der Waals surface area contributed by atoms with Gasteiger partial charge in [-0.2, -0.15) is 0 Å². The number of nitrogen functional groups attached to an aromatic ring is 1. The van der Waals surface area contributed by atoms with Gasteiger partial charge in [-0.1, -0.05) is 23.7 Å². The van der Waals surface area contributed by atoms with E-state index in [-0.39, 0.29) is 17.9 Å². The summed E-state index contributed by atoms with van der Waals surface area (Å²) >= 11 is 5.89. The van der Waals surface area contributed by atoms with Crippen molar-refractivity contribution in [3.8, 4) is 0 Å². The highest BCUT2D eigenvalue weighted by Gasteiger charge is 2.15. The number of halogens is 1. The Kier molecular flexibility index (Phi) is 4.51. The second-order valence-electron chi connectivity index (χ2n) is 5.78. The van der Waals surface area contributed by atoms with E-state index >= 15 is 0 Å². The Labute approximate surface area is 149 Å². The number of hydrogen-bond donors (Lipinski definition) is 1. The van der Waals surface area contributed by atoms with Crippen molar-refractivity contribution in [2.24, 2.45) is 0 Å². The maximum absolute atomic E-state index is 12.3. The fourth-order valence-corrected chi connectivity index (χ4v) is 2.74. The van der Waals surface area contributed by atoms with Crippen LogP contribution in [-0.2, 0) is 11.3 Å². The molecule has 0 spiro atoms. The van der Waals surface area contributed by atoms with Crippen LogP contribution in [0.15, 0.2) is 45.6 Å². The Hall–Kier alpha value is -2.79. The van der Waals surface area contributed by atoms with Crippen molar-refractivity contribution in [1.82, 2.24) is 0 Å². The largest absolute Gasteiger partial charge is 0.457 e. The number of aryl methyl sites for hydroxylation is 2. The van der Waals surface area contributed by atoms with Crippen LogP contribution in [0.2, 0.25) is 5.02 Å². The highest BCUT2D eigenvalue weighted by Crippen LogP contribution is 2.24. The molecular weight excluding hydrogens is 342 g/mol. The van der Waals surface area contributed by atoms with Gasteiger partial charge in [0.2, 0.25) is 0 Å². The standard InChI is InChI=1S/C19H16ClNO4/c1-10-3-5-14-12(7-17(22)25-18(14)11(10)2)9-24-19(23)15-8-13(20)4-6-16(15)21/h3-8H,9,21H2,1-2H3.